The van der Waals surface area contributed by atoms with Gasteiger partial charge in [0.15, 0.2) is 0 Å². The van der Waals surface area contributed by atoms with Gasteiger partial charge in [-0.25, -0.2) is 0 Å². The summed E-state index contributed by atoms with van der Waals surface area (Å²) in [5.41, 5.74) is 1.20. The minimum absolute atomic E-state index is 0.372. The molecule has 1 atom stereocenters. The molecule has 0 bridgehead atoms. The molecule has 1 aromatic rings. The van der Waals surface area contributed by atoms with Crippen LogP contribution >= 0.6 is 11.6 Å². The van der Waals surface area contributed by atoms with E-state index in [4.69, 9.17) is 21.1 Å². The summed E-state index contributed by atoms with van der Waals surface area (Å²) in [7, 11) is 1.72. The lowest BCUT2D eigenvalue weighted by Gasteiger charge is -2.19. The van der Waals surface area contributed by atoms with Crippen molar-refractivity contribution in [3.8, 4) is 0 Å². The van der Waals surface area contributed by atoms with Crippen LogP contribution < -0.4 is 5.32 Å². The maximum Gasteiger partial charge on any atom is 0.0587 e. The molecule has 0 aliphatic carbocycles. The molecule has 0 aliphatic rings. The van der Waals surface area contributed by atoms with Gasteiger partial charge in [0, 0.05) is 38.4 Å². The molecule has 1 aromatic carbocycles. The number of unbranched alkanes of at least 4 members (excludes halogenated alkanes) is 1. The molecule has 0 saturated heterocycles. The van der Waals surface area contributed by atoms with E-state index in [2.05, 4.69) is 18.3 Å². The lowest BCUT2D eigenvalue weighted by atomic mass is 9.96. The Balaban J connectivity index is 2.47. The second-order valence-electron chi connectivity index (χ2n) is 5.17. The van der Waals surface area contributed by atoms with Crippen molar-refractivity contribution in [3.05, 3.63) is 34.9 Å². The van der Waals surface area contributed by atoms with Crippen LogP contribution in [0.5, 0.6) is 0 Å². The summed E-state index contributed by atoms with van der Waals surface area (Å²) in [5.74, 6) is 0.372. The lowest BCUT2D eigenvalue weighted by molar-refractivity contribution is 0.123. The van der Waals surface area contributed by atoms with Gasteiger partial charge in [-0.2, -0.15) is 0 Å². The van der Waals surface area contributed by atoms with Crippen LogP contribution in [0, 0.1) is 0 Å². The van der Waals surface area contributed by atoms with E-state index in [0.29, 0.717) is 5.92 Å². The van der Waals surface area contributed by atoms with Gasteiger partial charge in [-0.3, -0.25) is 0 Å². The zero-order valence-corrected chi connectivity index (χ0v) is 14.0. The first kappa shape index (κ1) is 18.4. The van der Waals surface area contributed by atoms with Crippen LogP contribution in [-0.4, -0.2) is 40.0 Å². The predicted octanol–water partition coefficient (Wildman–Crippen LogP) is 3.87. The summed E-state index contributed by atoms with van der Waals surface area (Å²) in [6.45, 7) is 6.28. The number of nitrogens with one attached hydrogen (secondary N) is 1. The van der Waals surface area contributed by atoms with E-state index >= 15 is 0 Å². The standard InChI is InChI=1S/C17H28ClNO2/c1-3-4-11-21-12-9-15(14-19-10-13-20-2)16-7-5-6-8-17(16)18/h5-8,15,19H,3-4,9-14H2,1-2H3. The summed E-state index contributed by atoms with van der Waals surface area (Å²) in [5, 5.41) is 4.26. The van der Waals surface area contributed by atoms with E-state index in [9.17, 15) is 0 Å². The third-order valence-corrected chi connectivity index (χ3v) is 3.82. The molecule has 0 heterocycles. The molecule has 1 rings (SSSR count). The highest BCUT2D eigenvalue weighted by atomic mass is 35.5. The largest absolute Gasteiger partial charge is 0.383 e. The van der Waals surface area contributed by atoms with E-state index < -0.39 is 0 Å². The Bertz CT molecular complexity index is 374. The van der Waals surface area contributed by atoms with Gasteiger partial charge in [0.1, 0.15) is 0 Å². The number of benzene rings is 1. The van der Waals surface area contributed by atoms with Crippen molar-refractivity contribution in [3.63, 3.8) is 0 Å². The van der Waals surface area contributed by atoms with Crippen molar-refractivity contribution in [1.29, 1.82) is 0 Å². The Labute approximate surface area is 134 Å². The Morgan fingerprint density at radius 3 is 2.71 bits per heavy atom. The van der Waals surface area contributed by atoms with Crippen molar-refractivity contribution in [2.45, 2.75) is 32.1 Å². The van der Waals surface area contributed by atoms with Gasteiger partial charge in [-0.15, -0.1) is 0 Å². The van der Waals surface area contributed by atoms with Crippen molar-refractivity contribution in [2.75, 3.05) is 40.0 Å². The Hall–Kier alpha value is -0.610. The average molecular weight is 314 g/mol. The molecule has 0 fully saturated rings. The maximum absolute atomic E-state index is 6.33. The molecule has 0 spiro atoms. The number of hydrogen-bond donors (Lipinski definition) is 1. The Kier molecular flexibility index (Phi) is 10.5. The number of ether oxygens (including phenoxy) is 2. The number of halogens is 1. The fourth-order valence-electron chi connectivity index (χ4n) is 2.20. The highest BCUT2D eigenvalue weighted by Crippen LogP contribution is 2.26. The Morgan fingerprint density at radius 1 is 1.19 bits per heavy atom. The van der Waals surface area contributed by atoms with Crippen LogP contribution in [0.4, 0.5) is 0 Å². The van der Waals surface area contributed by atoms with Gasteiger partial charge >= 0.3 is 0 Å². The van der Waals surface area contributed by atoms with E-state index in [1.165, 1.54) is 12.0 Å². The molecular weight excluding hydrogens is 286 g/mol. The van der Waals surface area contributed by atoms with Crippen molar-refractivity contribution in [2.24, 2.45) is 0 Å². The zero-order chi connectivity index (χ0) is 15.3. The Morgan fingerprint density at radius 2 is 2.00 bits per heavy atom. The van der Waals surface area contributed by atoms with E-state index in [0.717, 1.165) is 50.8 Å². The summed E-state index contributed by atoms with van der Waals surface area (Å²) >= 11 is 6.33. The molecule has 0 saturated carbocycles. The molecule has 0 aromatic heterocycles. The first-order chi connectivity index (χ1) is 10.3. The second kappa shape index (κ2) is 12.0. The van der Waals surface area contributed by atoms with Crippen LogP contribution in [0.1, 0.15) is 37.7 Å². The molecule has 1 N–H and O–H groups in total. The topological polar surface area (TPSA) is 30.5 Å². The van der Waals surface area contributed by atoms with Crippen molar-refractivity contribution in [1.82, 2.24) is 5.32 Å². The van der Waals surface area contributed by atoms with E-state index in [-0.39, 0.29) is 0 Å². The smallest absolute Gasteiger partial charge is 0.0587 e. The SMILES string of the molecule is CCCCOCCC(CNCCOC)c1ccccc1Cl. The predicted molar refractivity (Wildman–Crippen MR) is 89.3 cm³/mol. The first-order valence-corrected chi connectivity index (χ1v) is 8.19. The van der Waals surface area contributed by atoms with Crippen molar-refractivity contribution >= 4 is 11.6 Å². The third-order valence-electron chi connectivity index (χ3n) is 3.47. The molecule has 0 aliphatic heterocycles. The quantitative estimate of drug-likeness (QED) is 0.594. The second-order valence-corrected chi connectivity index (χ2v) is 5.58. The van der Waals surface area contributed by atoms with Gasteiger partial charge in [-0.05, 0) is 30.4 Å². The lowest BCUT2D eigenvalue weighted by Crippen LogP contribution is -2.26. The fourth-order valence-corrected chi connectivity index (χ4v) is 2.49. The van der Waals surface area contributed by atoms with Crippen LogP contribution in [0.2, 0.25) is 5.02 Å². The molecule has 120 valence electrons. The highest BCUT2D eigenvalue weighted by molar-refractivity contribution is 6.31. The van der Waals surface area contributed by atoms with Crippen LogP contribution in [0.15, 0.2) is 24.3 Å². The van der Waals surface area contributed by atoms with Crippen molar-refractivity contribution < 1.29 is 9.47 Å². The van der Waals surface area contributed by atoms with Crippen LogP contribution in [0.3, 0.4) is 0 Å². The van der Waals surface area contributed by atoms with Crippen LogP contribution in [-0.2, 0) is 9.47 Å². The van der Waals surface area contributed by atoms with Crippen LogP contribution in [0.25, 0.3) is 0 Å². The minimum atomic E-state index is 0.372. The summed E-state index contributed by atoms with van der Waals surface area (Å²) in [6, 6.07) is 8.08. The van der Waals surface area contributed by atoms with Gasteiger partial charge in [0.05, 0.1) is 6.61 Å². The molecule has 21 heavy (non-hydrogen) atoms. The number of methoxy groups -OCH3 is 1. The molecule has 0 radical (unpaired) electrons. The maximum atomic E-state index is 6.33. The fraction of sp³-hybridized carbons (Fsp3) is 0.647. The van der Waals surface area contributed by atoms with E-state index in [1.807, 2.05) is 18.2 Å². The zero-order valence-electron chi connectivity index (χ0n) is 13.2. The summed E-state index contributed by atoms with van der Waals surface area (Å²) in [6.07, 6.45) is 3.28. The average Bonchev–Trinajstić information content (AvgIpc) is 2.50. The third kappa shape index (κ3) is 7.82. The van der Waals surface area contributed by atoms with Gasteiger partial charge in [0.25, 0.3) is 0 Å². The number of hydrogen-bond acceptors (Lipinski definition) is 3. The minimum Gasteiger partial charge on any atom is -0.383 e. The molecule has 1 unspecified atom stereocenters. The molecular formula is C17H28ClNO2. The summed E-state index contributed by atoms with van der Waals surface area (Å²) in [4.78, 5) is 0. The van der Waals surface area contributed by atoms with E-state index in [1.54, 1.807) is 7.11 Å². The molecule has 3 nitrogen and oxygen atoms in total. The summed E-state index contributed by atoms with van der Waals surface area (Å²) < 4.78 is 10.8. The number of rotatable bonds is 12. The van der Waals surface area contributed by atoms with Gasteiger partial charge in [-0.1, -0.05) is 43.1 Å². The molecule has 4 heteroatoms. The monoisotopic (exact) mass is 313 g/mol. The normalized spacial score (nSPS) is 12.5. The van der Waals surface area contributed by atoms with Gasteiger partial charge < -0.3 is 14.8 Å². The highest BCUT2D eigenvalue weighted by Gasteiger charge is 2.14. The first-order valence-electron chi connectivity index (χ1n) is 7.81. The van der Waals surface area contributed by atoms with Gasteiger partial charge in [0.2, 0.25) is 0 Å². The molecule has 0 amide bonds.